The number of likely N-dealkylation sites (N-methyl/N-ethyl adjacent to an activating group) is 1. The fourth-order valence-electron chi connectivity index (χ4n) is 3.51. The van der Waals surface area contributed by atoms with Gasteiger partial charge in [0.25, 0.3) is 11.8 Å². The Morgan fingerprint density at radius 2 is 1.62 bits per heavy atom. The summed E-state index contributed by atoms with van der Waals surface area (Å²) < 4.78 is 0. The van der Waals surface area contributed by atoms with Crippen molar-refractivity contribution in [3.05, 3.63) is 95.0 Å². The Labute approximate surface area is 193 Å². The van der Waals surface area contributed by atoms with Gasteiger partial charge in [-0.3, -0.25) is 14.5 Å². The van der Waals surface area contributed by atoms with Crippen molar-refractivity contribution in [2.45, 2.75) is 25.3 Å². The highest BCUT2D eigenvalue weighted by Gasteiger charge is 2.27. The SMILES string of the molecule is C[C@H](C[C@H](NC(=O)c1ccc(-c2ccccc2Cl)cc1)C(=O)N(C)C#N)c1ccccc1. The summed E-state index contributed by atoms with van der Waals surface area (Å²) in [6, 6.07) is 23.5. The highest BCUT2D eigenvalue weighted by molar-refractivity contribution is 6.33. The maximum atomic E-state index is 12.9. The lowest BCUT2D eigenvalue weighted by Gasteiger charge is -2.23. The normalized spacial score (nSPS) is 12.3. The van der Waals surface area contributed by atoms with Crippen LogP contribution in [0, 0.1) is 11.5 Å². The van der Waals surface area contributed by atoms with Crippen molar-refractivity contribution in [3.63, 3.8) is 0 Å². The third-order valence-electron chi connectivity index (χ3n) is 5.37. The second kappa shape index (κ2) is 10.6. The third-order valence-corrected chi connectivity index (χ3v) is 5.70. The monoisotopic (exact) mass is 445 g/mol. The molecule has 162 valence electrons. The molecule has 5 nitrogen and oxygen atoms in total. The average Bonchev–Trinajstić information content (AvgIpc) is 2.83. The van der Waals surface area contributed by atoms with Crippen molar-refractivity contribution >= 4 is 23.4 Å². The van der Waals surface area contributed by atoms with Crippen LogP contribution in [0.4, 0.5) is 0 Å². The van der Waals surface area contributed by atoms with E-state index in [1.807, 2.05) is 79.8 Å². The highest BCUT2D eigenvalue weighted by atomic mass is 35.5. The third kappa shape index (κ3) is 5.54. The van der Waals surface area contributed by atoms with Gasteiger partial charge in [-0.05, 0) is 41.7 Å². The largest absolute Gasteiger partial charge is 0.340 e. The number of nitriles is 1. The maximum absolute atomic E-state index is 12.9. The zero-order valence-corrected chi connectivity index (χ0v) is 18.7. The van der Waals surface area contributed by atoms with Crippen LogP contribution in [0.25, 0.3) is 11.1 Å². The number of hydrogen-bond donors (Lipinski definition) is 1. The fraction of sp³-hybridized carbons (Fsp3) is 0.192. The molecule has 2 amide bonds. The minimum atomic E-state index is -0.828. The van der Waals surface area contributed by atoms with E-state index in [4.69, 9.17) is 16.9 Å². The van der Waals surface area contributed by atoms with E-state index in [2.05, 4.69) is 5.32 Å². The van der Waals surface area contributed by atoms with E-state index >= 15 is 0 Å². The van der Waals surface area contributed by atoms with E-state index in [1.54, 1.807) is 12.1 Å². The zero-order chi connectivity index (χ0) is 23.1. The van der Waals surface area contributed by atoms with Crippen molar-refractivity contribution in [2.75, 3.05) is 7.05 Å². The van der Waals surface area contributed by atoms with Crippen LogP contribution in [0.2, 0.25) is 5.02 Å². The molecule has 0 saturated carbocycles. The molecule has 0 aliphatic carbocycles. The van der Waals surface area contributed by atoms with Crippen LogP contribution in [0.5, 0.6) is 0 Å². The first-order valence-electron chi connectivity index (χ1n) is 10.3. The van der Waals surface area contributed by atoms with Crippen molar-refractivity contribution < 1.29 is 9.59 Å². The van der Waals surface area contributed by atoms with Crippen LogP contribution in [-0.4, -0.2) is 29.8 Å². The number of carbonyl (C=O) groups excluding carboxylic acids is 2. The van der Waals surface area contributed by atoms with Crippen LogP contribution in [-0.2, 0) is 4.79 Å². The fourth-order valence-corrected chi connectivity index (χ4v) is 3.76. The highest BCUT2D eigenvalue weighted by Crippen LogP contribution is 2.27. The second-order valence-electron chi connectivity index (χ2n) is 7.63. The number of benzene rings is 3. The van der Waals surface area contributed by atoms with Crippen molar-refractivity contribution in [2.24, 2.45) is 0 Å². The van der Waals surface area contributed by atoms with Gasteiger partial charge in [-0.1, -0.05) is 79.2 Å². The summed E-state index contributed by atoms with van der Waals surface area (Å²) >= 11 is 6.26. The smallest absolute Gasteiger partial charge is 0.257 e. The van der Waals surface area contributed by atoms with Gasteiger partial charge in [0.05, 0.1) is 0 Å². The molecular weight excluding hydrogens is 422 g/mol. The standard InChI is InChI=1S/C26H24ClN3O2/c1-18(19-8-4-3-5-9-19)16-24(26(32)30(2)17-28)29-25(31)21-14-12-20(13-15-21)22-10-6-7-11-23(22)27/h3-15,18,24H,16H2,1-2H3,(H,29,31)/t18-,24+/m1/s1. The van der Waals surface area contributed by atoms with Gasteiger partial charge in [-0.15, -0.1) is 0 Å². The Kier molecular flexibility index (Phi) is 7.64. The van der Waals surface area contributed by atoms with Crippen LogP contribution >= 0.6 is 11.6 Å². The minimum Gasteiger partial charge on any atom is -0.340 e. The van der Waals surface area contributed by atoms with Crippen LogP contribution in [0.15, 0.2) is 78.9 Å². The van der Waals surface area contributed by atoms with Crippen LogP contribution in [0.3, 0.4) is 0 Å². The molecule has 0 aliphatic rings. The molecule has 0 bridgehead atoms. The van der Waals surface area contributed by atoms with E-state index in [0.29, 0.717) is 17.0 Å². The molecule has 0 saturated heterocycles. The minimum absolute atomic E-state index is 0.0140. The molecule has 6 heteroatoms. The van der Waals surface area contributed by atoms with E-state index in [1.165, 1.54) is 7.05 Å². The van der Waals surface area contributed by atoms with Crippen LogP contribution < -0.4 is 5.32 Å². The lowest BCUT2D eigenvalue weighted by Crippen LogP contribution is -2.46. The molecule has 0 fully saturated rings. The molecule has 3 aromatic carbocycles. The number of rotatable bonds is 7. The predicted octanol–water partition coefficient (Wildman–Crippen LogP) is 5.24. The van der Waals surface area contributed by atoms with Gasteiger partial charge in [0.1, 0.15) is 6.04 Å². The molecule has 1 N–H and O–H groups in total. The van der Waals surface area contributed by atoms with Crippen molar-refractivity contribution in [1.29, 1.82) is 5.26 Å². The maximum Gasteiger partial charge on any atom is 0.257 e. The van der Waals surface area contributed by atoms with Gasteiger partial charge >= 0.3 is 0 Å². The van der Waals surface area contributed by atoms with Gasteiger partial charge < -0.3 is 5.32 Å². The Morgan fingerprint density at radius 3 is 2.25 bits per heavy atom. The molecule has 0 spiro atoms. The van der Waals surface area contributed by atoms with E-state index in [0.717, 1.165) is 21.6 Å². The Bertz CT molecular complexity index is 1120. The number of amides is 2. The van der Waals surface area contributed by atoms with Crippen molar-refractivity contribution in [1.82, 2.24) is 10.2 Å². The quantitative estimate of drug-likeness (QED) is 0.399. The number of hydrogen-bond acceptors (Lipinski definition) is 3. The molecule has 2 atom stereocenters. The Balaban J connectivity index is 1.78. The summed E-state index contributed by atoms with van der Waals surface area (Å²) in [5, 5.41) is 12.6. The topological polar surface area (TPSA) is 73.2 Å². The van der Waals surface area contributed by atoms with Gasteiger partial charge in [0.15, 0.2) is 6.19 Å². The molecule has 0 radical (unpaired) electrons. The van der Waals surface area contributed by atoms with Gasteiger partial charge in [0, 0.05) is 23.2 Å². The number of carbonyl (C=O) groups is 2. The molecule has 3 rings (SSSR count). The number of halogens is 1. The van der Waals surface area contributed by atoms with E-state index < -0.39 is 11.9 Å². The molecule has 0 unspecified atom stereocenters. The summed E-state index contributed by atoms with van der Waals surface area (Å²) in [4.78, 5) is 26.6. The predicted molar refractivity (Wildman–Crippen MR) is 126 cm³/mol. The molecule has 32 heavy (non-hydrogen) atoms. The molecule has 0 heterocycles. The summed E-state index contributed by atoms with van der Waals surface area (Å²) in [6.45, 7) is 1.99. The van der Waals surface area contributed by atoms with E-state index in [-0.39, 0.29) is 11.8 Å². The first-order valence-corrected chi connectivity index (χ1v) is 10.7. The number of nitrogens with one attached hydrogen (secondary N) is 1. The Morgan fingerprint density at radius 1 is 1.00 bits per heavy atom. The average molecular weight is 446 g/mol. The summed E-state index contributed by atoms with van der Waals surface area (Å²) in [5.41, 5.74) is 3.25. The summed E-state index contributed by atoms with van der Waals surface area (Å²) in [7, 11) is 1.40. The number of nitrogens with zero attached hydrogens (tertiary/aromatic N) is 2. The van der Waals surface area contributed by atoms with Gasteiger partial charge in [0.2, 0.25) is 0 Å². The molecule has 0 aliphatic heterocycles. The lowest BCUT2D eigenvalue weighted by atomic mass is 9.93. The zero-order valence-electron chi connectivity index (χ0n) is 18.0. The summed E-state index contributed by atoms with van der Waals surface area (Å²) in [6.07, 6.45) is 2.20. The molecule has 3 aromatic rings. The van der Waals surface area contributed by atoms with Crippen molar-refractivity contribution in [3.8, 4) is 17.3 Å². The molecular formula is C26H24ClN3O2. The Hall–Kier alpha value is -3.62. The van der Waals surface area contributed by atoms with Gasteiger partial charge in [-0.2, -0.15) is 5.26 Å². The molecule has 0 aromatic heterocycles. The first-order chi connectivity index (χ1) is 15.4. The van der Waals surface area contributed by atoms with E-state index in [9.17, 15) is 9.59 Å². The lowest BCUT2D eigenvalue weighted by molar-refractivity contribution is -0.129. The van der Waals surface area contributed by atoms with Crippen LogP contribution in [0.1, 0.15) is 35.2 Å². The summed E-state index contributed by atoms with van der Waals surface area (Å²) in [5.74, 6) is -0.808. The van der Waals surface area contributed by atoms with Gasteiger partial charge in [-0.25, -0.2) is 0 Å². The second-order valence-corrected chi connectivity index (χ2v) is 8.04. The first kappa shape index (κ1) is 23.1.